The molecule has 6 heteroatoms. The predicted molar refractivity (Wildman–Crippen MR) is 91.4 cm³/mol. The molecule has 0 amide bonds. The molecule has 0 radical (unpaired) electrons. The third-order valence-electron chi connectivity index (χ3n) is 4.25. The van der Waals surface area contributed by atoms with Crippen LogP contribution < -0.4 is 15.8 Å². The minimum absolute atomic E-state index is 0.0358. The van der Waals surface area contributed by atoms with Gasteiger partial charge in [0.1, 0.15) is 11.6 Å². The molecule has 0 atom stereocenters. The van der Waals surface area contributed by atoms with Crippen LogP contribution in [0.15, 0.2) is 24.3 Å². The Morgan fingerprint density at radius 2 is 2.09 bits per heavy atom. The second-order valence-corrected chi connectivity index (χ2v) is 5.80. The lowest BCUT2D eigenvalue weighted by molar-refractivity contribution is 0.414. The Kier molecular flexibility index (Phi) is 4.50. The number of ether oxygens (including phenoxy) is 1. The van der Waals surface area contributed by atoms with Gasteiger partial charge in [-0.3, -0.25) is 5.41 Å². The molecule has 2 aromatic rings. The van der Waals surface area contributed by atoms with Crippen LogP contribution in [0.2, 0.25) is 0 Å². The number of benzene rings is 1. The first-order valence-corrected chi connectivity index (χ1v) is 8.01. The number of methoxy groups -OCH3 is 1. The molecule has 0 spiro atoms. The Hall–Kier alpha value is -2.50. The van der Waals surface area contributed by atoms with Crippen molar-refractivity contribution in [2.45, 2.75) is 32.1 Å². The quantitative estimate of drug-likeness (QED) is 0.596. The average Bonchev–Trinajstić information content (AvgIpc) is 2.74. The summed E-state index contributed by atoms with van der Waals surface area (Å²) in [6, 6.07) is 8.12. The van der Waals surface area contributed by atoms with Crippen LogP contribution in [0.3, 0.4) is 0 Å². The highest BCUT2D eigenvalue weighted by Gasteiger charge is 2.20. The topological polar surface area (TPSA) is 89.0 Å². The minimum atomic E-state index is -0.0358. The molecule has 1 aromatic carbocycles. The maximum atomic E-state index is 7.73. The molecule has 122 valence electrons. The number of nitrogens with two attached hydrogens (primary N) is 1. The summed E-state index contributed by atoms with van der Waals surface area (Å²) in [5.41, 5.74) is 9.18. The Bertz CT molecular complexity index is 690. The second-order valence-electron chi connectivity index (χ2n) is 5.80. The number of nitrogens with one attached hydrogen (secondary N) is 2. The largest absolute Gasteiger partial charge is 0.497 e. The number of nitrogens with zero attached hydrogens (tertiary/aromatic N) is 2. The average molecular weight is 313 g/mol. The number of rotatable bonds is 4. The molecule has 3 rings (SSSR count). The van der Waals surface area contributed by atoms with Crippen molar-refractivity contribution in [3.8, 4) is 5.75 Å². The van der Waals surface area contributed by atoms with Crippen LogP contribution in [-0.4, -0.2) is 29.4 Å². The molecular weight excluding hydrogens is 290 g/mol. The number of aryl methyl sites for hydroxylation is 2. The molecule has 0 bridgehead atoms. The van der Waals surface area contributed by atoms with Crippen molar-refractivity contribution in [1.82, 2.24) is 9.78 Å². The highest BCUT2D eigenvalue weighted by atomic mass is 16.5. The second kappa shape index (κ2) is 6.73. The van der Waals surface area contributed by atoms with E-state index in [1.165, 1.54) is 15.8 Å². The summed E-state index contributed by atoms with van der Waals surface area (Å²) in [7, 11) is 1.67. The lowest BCUT2D eigenvalue weighted by atomic mass is 10.0. The molecular formula is C17H23N5O. The van der Waals surface area contributed by atoms with Gasteiger partial charge in [-0.2, -0.15) is 9.78 Å². The van der Waals surface area contributed by atoms with Crippen LogP contribution in [0.1, 0.15) is 29.7 Å². The fraction of sp³-hybridized carbons (Fsp3) is 0.412. The summed E-state index contributed by atoms with van der Waals surface area (Å²) in [4.78, 5) is 0. The van der Waals surface area contributed by atoms with E-state index in [2.05, 4.69) is 22.5 Å². The maximum absolute atomic E-state index is 7.73. The number of aromatic nitrogens is 2. The van der Waals surface area contributed by atoms with Gasteiger partial charge in [-0.05, 0) is 49.8 Å². The number of hydrogen-bond acceptors (Lipinski definition) is 4. The fourth-order valence-electron chi connectivity index (χ4n) is 3.00. The van der Waals surface area contributed by atoms with Crippen molar-refractivity contribution in [3.63, 3.8) is 0 Å². The smallest absolute Gasteiger partial charge is 0.215 e. The molecule has 0 fully saturated rings. The van der Waals surface area contributed by atoms with Crippen molar-refractivity contribution in [1.29, 1.82) is 5.41 Å². The van der Waals surface area contributed by atoms with Gasteiger partial charge in [0.25, 0.3) is 0 Å². The highest BCUT2D eigenvalue weighted by Crippen LogP contribution is 2.26. The van der Waals surface area contributed by atoms with Gasteiger partial charge in [-0.25, -0.2) is 0 Å². The van der Waals surface area contributed by atoms with E-state index in [-0.39, 0.29) is 5.96 Å². The van der Waals surface area contributed by atoms with Crippen LogP contribution in [0, 0.1) is 5.41 Å². The fourth-order valence-corrected chi connectivity index (χ4v) is 3.00. The van der Waals surface area contributed by atoms with Crippen LogP contribution in [0.25, 0.3) is 0 Å². The first-order valence-electron chi connectivity index (χ1n) is 8.01. The summed E-state index contributed by atoms with van der Waals surface area (Å²) in [6.07, 6.45) is 5.01. The van der Waals surface area contributed by atoms with Gasteiger partial charge in [-0.1, -0.05) is 12.1 Å². The van der Waals surface area contributed by atoms with Crippen molar-refractivity contribution < 1.29 is 4.74 Å². The maximum Gasteiger partial charge on any atom is 0.215 e. The van der Waals surface area contributed by atoms with Gasteiger partial charge in [0.05, 0.1) is 12.8 Å². The molecule has 0 saturated heterocycles. The molecule has 23 heavy (non-hydrogen) atoms. The van der Waals surface area contributed by atoms with E-state index in [0.29, 0.717) is 0 Å². The zero-order valence-electron chi connectivity index (χ0n) is 13.4. The Morgan fingerprint density at radius 1 is 1.30 bits per heavy atom. The van der Waals surface area contributed by atoms with Crippen LogP contribution in [0.4, 0.5) is 5.82 Å². The van der Waals surface area contributed by atoms with Gasteiger partial charge in [0.2, 0.25) is 5.96 Å². The molecule has 1 aliphatic rings. The number of fused-ring (bicyclic) bond motifs is 1. The van der Waals surface area contributed by atoms with Crippen LogP contribution >= 0.6 is 0 Å². The Balaban J connectivity index is 1.80. The lowest BCUT2D eigenvalue weighted by Crippen LogP contribution is -2.24. The van der Waals surface area contributed by atoms with Crippen molar-refractivity contribution >= 4 is 11.8 Å². The molecule has 2 heterocycles. The third kappa shape index (κ3) is 3.31. The predicted octanol–water partition coefficient (Wildman–Crippen LogP) is 2.17. The standard InChI is InChI=1S/C17H23N5O/c1-23-13-8-5-12(6-9-13)7-10-15-14-4-2-3-11-20-16(14)22(21-15)17(18)19/h5-6,8-9,20H,2-4,7,10-11H2,1H3,(H3,18,19). The molecule has 0 saturated carbocycles. The number of hydrogen-bond donors (Lipinski definition) is 3. The Labute approximate surface area is 136 Å². The molecule has 0 unspecified atom stereocenters. The van der Waals surface area contributed by atoms with Crippen molar-refractivity contribution in [2.24, 2.45) is 5.73 Å². The van der Waals surface area contributed by atoms with E-state index in [9.17, 15) is 0 Å². The summed E-state index contributed by atoms with van der Waals surface area (Å²) < 4.78 is 6.72. The SMILES string of the molecule is COc1ccc(CCc2nn(C(=N)N)c3c2CCCCN3)cc1. The zero-order chi connectivity index (χ0) is 16.2. The van der Waals surface area contributed by atoms with E-state index in [1.807, 2.05) is 12.1 Å². The molecule has 6 nitrogen and oxygen atoms in total. The molecule has 4 N–H and O–H groups in total. The van der Waals surface area contributed by atoms with E-state index in [0.717, 1.165) is 55.9 Å². The number of anilines is 1. The zero-order valence-corrected chi connectivity index (χ0v) is 13.4. The molecule has 0 aliphatic carbocycles. The van der Waals surface area contributed by atoms with E-state index < -0.39 is 0 Å². The Morgan fingerprint density at radius 3 is 2.78 bits per heavy atom. The van der Waals surface area contributed by atoms with Crippen LogP contribution in [0.5, 0.6) is 5.75 Å². The van der Waals surface area contributed by atoms with E-state index in [1.54, 1.807) is 7.11 Å². The van der Waals surface area contributed by atoms with Crippen molar-refractivity contribution in [3.05, 3.63) is 41.1 Å². The highest BCUT2D eigenvalue weighted by molar-refractivity contribution is 5.81. The van der Waals surface area contributed by atoms with Gasteiger partial charge >= 0.3 is 0 Å². The third-order valence-corrected chi connectivity index (χ3v) is 4.25. The van der Waals surface area contributed by atoms with Gasteiger partial charge in [0.15, 0.2) is 0 Å². The summed E-state index contributed by atoms with van der Waals surface area (Å²) in [5.74, 6) is 1.73. The minimum Gasteiger partial charge on any atom is -0.497 e. The normalized spacial score (nSPS) is 13.8. The molecule has 1 aliphatic heterocycles. The van der Waals surface area contributed by atoms with Gasteiger partial charge in [0, 0.05) is 12.1 Å². The van der Waals surface area contributed by atoms with E-state index >= 15 is 0 Å². The first-order chi connectivity index (χ1) is 11.2. The summed E-state index contributed by atoms with van der Waals surface area (Å²) in [6.45, 7) is 0.907. The summed E-state index contributed by atoms with van der Waals surface area (Å²) in [5, 5.41) is 15.7. The first kappa shape index (κ1) is 15.4. The van der Waals surface area contributed by atoms with E-state index in [4.69, 9.17) is 15.9 Å². The van der Waals surface area contributed by atoms with Gasteiger partial charge in [-0.15, -0.1) is 0 Å². The van der Waals surface area contributed by atoms with Crippen molar-refractivity contribution in [2.75, 3.05) is 19.0 Å². The monoisotopic (exact) mass is 313 g/mol. The van der Waals surface area contributed by atoms with Crippen LogP contribution in [-0.2, 0) is 19.3 Å². The lowest BCUT2D eigenvalue weighted by Gasteiger charge is -2.06. The molecule has 1 aromatic heterocycles. The summed E-state index contributed by atoms with van der Waals surface area (Å²) >= 11 is 0. The van der Waals surface area contributed by atoms with Gasteiger partial charge < -0.3 is 15.8 Å². The number of nitrogen functional groups attached to an aromatic ring is 1.